The molecule has 0 spiro atoms. The minimum atomic E-state index is -1.02. The van der Waals surface area contributed by atoms with E-state index in [0.717, 1.165) is 31.2 Å². The van der Waals surface area contributed by atoms with Crippen LogP contribution in [0.15, 0.2) is 36.4 Å². The van der Waals surface area contributed by atoms with Gasteiger partial charge in [-0.05, 0) is 49.6 Å². The predicted octanol–water partition coefficient (Wildman–Crippen LogP) is 4.76. The second kappa shape index (κ2) is 11.2. The van der Waals surface area contributed by atoms with Crippen LogP contribution in [0.2, 0.25) is 0 Å². The van der Waals surface area contributed by atoms with Gasteiger partial charge in [0.15, 0.2) is 11.5 Å². The number of aryl methyl sites for hydroxylation is 1. The highest BCUT2D eigenvalue weighted by Gasteiger charge is 2.41. The number of rotatable bonds is 8. The molecule has 0 aliphatic heterocycles. The summed E-state index contributed by atoms with van der Waals surface area (Å²) in [7, 11) is 2.86. The molecule has 0 bridgehead atoms. The lowest BCUT2D eigenvalue weighted by atomic mass is 9.89. The average Bonchev–Trinajstić information content (AvgIpc) is 3.07. The maximum atomic E-state index is 14.0. The summed E-state index contributed by atoms with van der Waals surface area (Å²) >= 11 is 0. The molecule has 1 aliphatic carbocycles. The molecule has 33 heavy (non-hydrogen) atoms. The lowest BCUT2D eigenvalue weighted by Crippen LogP contribution is -2.54. The molecular formula is C26H32FNO5. The van der Waals surface area contributed by atoms with Crippen molar-refractivity contribution in [3.63, 3.8) is 0 Å². The lowest BCUT2D eigenvalue weighted by Gasteiger charge is -2.31. The van der Waals surface area contributed by atoms with Crippen molar-refractivity contribution in [2.75, 3.05) is 20.8 Å². The first-order valence-corrected chi connectivity index (χ1v) is 11.4. The van der Waals surface area contributed by atoms with Crippen molar-refractivity contribution in [1.29, 1.82) is 0 Å². The van der Waals surface area contributed by atoms with E-state index in [1.807, 2.05) is 6.92 Å². The van der Waals surface area contributed by atoms with Gasteiger partial charge in [0.1, 0.15) is 11.4 Å². The number of nitrogens with one attached hydrogen (secondary N) is 1. The molecule has 1 fully saturated rings. The number of hydrogen-bond acceptors (Lipinski definition) is 5. The van der Waals surface area contributed by atoms with Gasteiger partial charge in [0.25, 0.3) is 5.91 Å². The van der Waals surface area contributed by atoms with E-state index in [1.54, 1.807) is 30.3 Å². The van der Waals surface area contributed by atoms with Crippen molar-refractivity contribution in [2.24, 2.45) is 0 Å². The number of halogens is 1. The Morgan fingerprint density at radius 1 is 1.00 bits per heavy atom. The van der Waals surface area contributed by atoms with Crippen molar-refractivity contribution in [1.82, 2.24) is 5.32 Å². The first-order valence-electron chi connectivity index (χ1n) is 11.4. The van der Waals surface area contributed by atoms with Crippen molar-refractivity contribution in [3.05, 3.63) is 58.9 Å². The van der Waals surface area contributed by atoms with E-state index in [2.05, 4.69) is 5.32 Å². The number of amides is 1. The molecule has 2 aromatic rings. The lowest BCUT2D eigenvalue weighted by molar-refractivity contribution is -0.148. The van der Waals surface area contributed by atoms with E-state index in [0.29, 0.717) is 41.9 Å². The fourth-order valence-electron chi connectivity index (χ4n) is 4.29. The van der Waals surface area contributed by atoms with Crippen LogP contribution in [0.25, 0.3) is 0 Å². The zero-order valence-electron chi connectivity index (χ0n) is 19.5. The third kappa shape index (κ3) is 6.03. The Kier molecular flexibility index (Phi) is 8.31. The molecule has 1 aliphatic rings. The van der Waals surface area contributed by atoms with E-state index < -0.39 is 11.5 Å². The van der Waals surface area contributed by atoms with Crippen LogP contribution in [0.3, 0.4) is 0 Å². The van der Waals surface area contributed by atoms with Gasteiger partial charge in [-0.3, -0.25) is 4.79 Å². The molecule has 1 amide bonds. The summed E-state index contributed by atoms with van der Waals surface area (Å²) in [5, 5.41) is 2.94. The van der Waals surface area contributed by atoms with Gasteiger partial charge in [0, 0.05) is 12.0 Å². The highest BCUT2D eigenvalue weighted by molar-refractivity contribution is 5.98. The Balaban J connectivity index is 1.75. The van der Waals surface area contributed by atoms with E-state index >= 15 is 0 Å². The number of hydrogen-bond donors (Lipinski definition) is 1. The third-order valence-electron chi connectivity index (χ3n) is 6.14. The molecule has 0 unspecified atom stereocenters. The fourth-order valence-corrected chi connectivity index (χ4v) is 4.29. The SMILES string of the molecule is COC(=O)C1(NC(=O)c2ccc(OC)c(OCCc3cc(C)ccc3F)c2)CCCCCC1. The van der Waals surface area contributed by atoms with Crippen LogP contribution in [0.5, 0.6) is 11.5 Å². The van der Waals surface area contributed by atoms with Crippen LogP contribution in [-0.2, 0) is 16.0 Å². The van der Waals surface area contributed by atoms with Crippen LogP contribution >= 0.6 is 0 Å². The maximum absolute atomic E-state index is 14.0. The zero-order valence-corrected chi connectivity index (χ0v) is 19.5. The summed E-state index contributed by atoms with van der Waals surface area (Å²) in [6.45, 7) is 2.12. The third-order valence-corrected chi connectivity index (χ3v) is 6.14. The molecule has 3 rings (SSSR count). The van der Waals surface area contributed by atoms with Gasteiger partial charge in [-0.2, -0.15) is 0 Å². The molecule has 178 valence electrons. The monoisotopic (exact) mass is 457 g/mol. The molecule has 0 aromatic heterocycles. The zero-order chi connectivity index (χ0) is 23.8. The van der Waals surface area contributed by atoms with Crippen LogP contribution in [-0.4, -0.2) is 38.2 Å². The Bertz CT molecular complexity index is 983. The molecule has 6 nitrogen and oxygen atoms in total. The highest BCUT2D eigenvalue weighted by atomic mass is 19.1. The molecule has 1 N–H and O–H groups in total. The molecule has 0 heterocycles. The van der Waals surface area contributed by atoms with Crippen molar-refractivity contribution >= 4 is 11.9 Å². The molecule has 0 saturated heterocycles. The summed E-state index contributed by atoms with van der Waals surface area (Å²) in [5.41, 5.74) is 0.864. The normalized spacial score (nSPS) is 15.3. The van der Waals surface area contributed by atoms with Gasteiger partial charge in [-0.15, -0.1) is 0 Å². The van der Waals surface area contributed by atoms with Crippen LogP contribution < -0.4 is 14.8 Å². The molecule has 7 heteroatoms. The Labute approximate surface area is 194 Å². The van der Waals surface area contributed by atoms with E-state index in [1.165, 1.54) is 20.3 Å². The molecule has 0 atom stereocenters. The number of methoxy groups -OCH3 is 2. The number of carbonyl (C=O) groups is 2. The number of benzene rings is 2. The van der Waals surface area contributed by atoms with Gasteiger partial charge in [-0.25, -0.2) is 9.18 Å². The molecule has 0 radical (unpaired) electrons. The minimum absolute atomic E-state index is 0.216. The van der Waals surface area contributed by atoms with Gasteiger partial charge in [0.2, 0.25) is 0 Å². The minimum Gasteiger partial charge on any atom is -0.493 e. The van der Waals surface area contributed by atoms with Gasteiger partial charge < -0.3 is 19.5 Å². The quantitative estimate of drug-likeness (QED) is 0.457. The topological polar surface area (TPSA) is 73.9 Å². The maximum Gasteiger partial charge on any atom is 0.331 e. The predicted molar refractivity (Wildman–Crippen MR) is 123 cm³/mol. The van der Waals surface area contributed by atoms with E-state index in [4.69, 9.17) is 14.2 Å². The van der Waals surface area contributed by atoms with Gasteiger partial charge in [-0.1, -0.05) is 43.4 Å². The van der Waals surface area contributed by atoms with Crippen molar-refractivity contribution in [3.8, 4) is 11.5 Å². The average molecular weight is 458 g/mol. The summed E-state index contributed by atoms with van der Waals surface area (Å²) in [5.74, 6) is -0.220. The number of esters is 1. The largest absolute Gasteiger partial charge is 0.493 e. The van der Waals surface area contributed by atoms with Gasteiger partial charge in [0.05, 0.1) is 20.8 Å². The molecular weight excluding hydrogens is 425 g/mol. The number of ether oxygens (including phenoxy) is 3. The molecule has 2 aromatic carbocycles. The summed E-state index contributed by atoms with van der Waals surface area (Å²) in [4.78, 5) is 25.7. The second-order valence-corrected chi connectivity index (χ2v) is 8.50. The fraction of sp³-hybridized carbons (Fsp3) is 0.462. The van der Waals surface area contributed by atoms with Crippen molar-refractivity contribution < 1.29 is 28.2 Å². The summed E-state index contributed by atoms with van der Waals surface area (Å²) in [6.07, 6.45) is 5.22. The number of carbonyl (C=O) groups excluding carboxylic acids is 2. The highest BCUT2D eigenvalue weighted by Crippen LogP contribution is 2.31. The summed E-state index contributed by atoms with van der Waals surface area (Å²) < 4.78 is 30.3. The smallest absolute Gasteiger partial charge is 0.331 e. The Morgan fingerprint density at radius 3 is 2.39 bits per heavy atom. The van der Waals surface area contributed by atoms with E-state index in [-0.39, 0.29) is 18.3 Å². The molecule has 1 saturated carbocycles. The first-order chi connectivity index (χ1) is 15.9. The van der Waals surface area contributed by atoms with Crippen molar-refractivity contribution in [2.45, 2.75) is 57.4 Å². The summed E-state index contributed by atoms with van der Waals surface area (Å²) in [6, 6.07) is 9.82. The van der Waals surface area contributed by atoms with E-state index in [9.17, 15) is 14.0 Å². The van der Waals surface area contributed by atoms with Crippen LogP contribution in [0.4, 0.5) is 4.39 Å². The van der Waals surface area contributed by atoms with Crippen LogP contribution in [0, 0.1) is 12.7 Å². The standard InChI is InChI=1S/C26H32FNO5/c1-18-8-10-21(27)19(16-18)12-15-33-23-17-20(9-11-22(23)31-2)24(29)28-26(25(30)32-3)13-6-4-5-7-14-26/h8-11,16-17H,4-7,12-15H2,1-3H3,(H,28,29). The first kappa shape index (κ1) is 24.6. The second-order valence-electron chi connectivity index (χ2n) is 8.50. The van der Waals surface area contributed by atoms with Crippen LogP contribution in [0.1, 0.15) is 60.0 Å². The Hall–Kier alpha value is -3.09. The van der Waals surface area contributed by atoms with Gasteiger partial charge >= 0.3 is 5.97 Å². The Morgan fingerprint density at radius 2 is 1.73 bits per heavy atom.